The molecule has 1 aromatic rings. The zero-order valence-corrected chi connectivity index (χ0v) is 20.4. The number of esters is 2. The van der Waals surface area contributed by atoms with E-state index in [9.17, 15) is 14.4 Å². The maximum atomic E-state index is 11.8. The zero-order chi connectivity index (χ0) is 24.7. The van der Waals surface area contributed by atoms with Crippen LogP contribution in [0.5, 0.6) is 0 Å². The molecule has 7 nitrogen and oxygen atoms in total. The maximum Gasteiger partial charge on any atom is 0.339 e. The summed E-state index contributed by atoms with van der Waals surface area (Å²) in [5.74, 6) is -2.19. The molecule has 0 atom stereocenters. The molecule has 188 valence electrons. The third-order valence-corrected chi connectivity index (χ3v) is 5.00. The van der Waals surface area contributed by atoms with E-state index in [1.807, 2.05) is 0 Å². The van der Waals surface area contributed by atoms with E-state index in [0.29, 0.717) is 13.2 Å². The third-order valence-electron chi connectivity index (χ3n) is 5.00. The second-order valence-corrected chi connectivity index (χ2v) is 7.90. The van der Waals surface area contributed by atoms with Crippen LogP contribution in [0.15, 0.2) is 24.3 Å². The highest BCUT2D eigenvalue weighted by atomic mass is 16.5. The molecule has 0 unspecified atom stereocenters. The first kappa shape index (κ1) is 30.6. The third kappa shape index (κ3) is 16.8. The van der Waals surface area contributed by atoms with Gasteiger partial charge in [0.25, 0.3) is 0 Å². The summed E-state index contributed by atoms with van der Waals surface area (Å²) in [6.45, 7) is 4.64. The van der Waals surface area contributed by atoms with E-state index in [4.69, 9.17) is 19.7 Å². The van der Waals surface area contributed by atoms with Gasteiger partial charge >= 0.3 is 17.9 Å². The summed E-state index contributed by atoms with van der Waals surface area (Å²) in [5, 5.41) is 17.3. The number of aliphatic hydroxyl groups is 1. The Labute approximate surface area is 198 Å². The lowest BCUT2D eigenvalue weighted by Crippen LogP contribution is -2.12. The molecular formula is C26H42O7. The van der Waals surface area contributed by atoms with Crippen molar-refractivity contribution in [1.29, 1.82) is 0 Å². The van der Waals surface area contributed by atoms with Crippen molar-refractivity contribution in [3.05, 3.63) is 35.4 Å². The molecule has 1 aromatic carbocycles. The molecule has 0 radical (unpaired) electrons. The molecule has 0 amide bonds. The van der Waals surface area contributed by atoms with Crippen molar-refractivity contribution >= 4 is 17.9 Å². The molecule has 0 aliphatic carbocycles. The highest BCUT2D eigenvalue weighted by Gasteiger charge is 2.16. The number of carboxylic acid groups (broad SMARTS) is 1. The van der Waals surface area contributed by atoms with Gasteiger partial charge in [-0.15, -0.1) is 0 Å². The predicted octanol–water partition coefficient (Wildman–Crippen LogP) is 5.78. The van der Waals surface area contributed by atoms with Gasteiger partial charge in [0, 0.05) is 0 Å². The van der Waals surface area contributed by atoms with Crippen LogP contribution in [0, 0.1) is 0 Å². The van der Waals surface area contributed by atoms with Crippen LogP contribution >= 0.6 is 0 Å². The Bertz CT molecular complexity index is 658. The number of carbonyl (C=O) groups is 3. The van der Waals surface area contributed by atoms with E-state index in [-0.39, 0.29) is 11.1 Å². The second-order valence-electron chi connectivity index (χ2n) is 7.90. The molecule has 7 heteroatoms. The molecule has 0 saturated carbocycles. The Balaban J connectivity index is 0.000000684. The second kappa shape index (κ2) is 21.4. The van der Waals surface area contributed by atoms with E-state index in [0.717, 1.165) is 32.1 Å². The molecule has 2 N–H and O–H groups in total. The average Bonchev–Trinajstić information content (AvgIpc) is 2.83. The van der Waals surface area contributed by atoms with Gasteiger partial charge in [-0.1, -0.05) is 90.2 Å². The van der Waals surface area contributed by atoms with Gasteiger partial charge in [0.05, 0.1) is 24.3 Å². The van der Waals surface area contributed by atoms with Gasteiger partial charge in [0.15, 0.2) is 0 Å². The van der Waals surface area contributed by atoms with Gasteiger partial charge in [-0.05, 0) is 25.0 Å². The minimum Gasteiger partial charge on any atom is -0.478 e. The molecule has 33 heavy (non-hydrogen) atoms. The van der Waals surface area contributed by atoms with Gasteiger partial charge in [0.2, 0.25) is 0 Å². The summed E-state index contributed by atoms with van der Waals surface area (Å²) in [7, 11) is 0. The van der Waals surface area contributed by atoms with Gasteiger partial charge in [-0.25, -0.2) is 14.4 Å². The molecule has 1 rings (SSSR count). The van der Waals surface area contributed by atoms with Gasteiger partial charge < -0.3 is 19.7 Å². The molecule has 0 fully saturated rings. The first-order valence-corrected chi connectivity index (χ1v) is 12.2. The van der Waals surface area contributed by atoms with Crippen LogP contribution in [-0.4, -0.2) is 47.9 Å². The Hall–Kier alpha value is -2.41. The summed E-state index contributed by atoms with van der Waals surface area (Å²) in [6, 6.07) is 6.11. The van der Waals surface area contributed by atoms with Crippen LogP contribution in [-0.2, 0) is 14.3 Å². The lowest BCUT2D eigenvalue weighted by Gasteiger charge is -2.07. The van der Waals surface area contributed by atoms with Crippen molar-refractivity contribution in [1.82, 2.24) is 0 Å². The number of carboxylic acids is 1. The van der Waals surface area contributed by atoms with Crippen molar-refractivity contribution in [3.63, 3.8) is 0 Å². The van der Waals surface area contributed by atoms with Crippen molar-refractivity contribution in [2.45, 2.75) is 90.9 Å². The van der Waals surface area contributed by atoms with Crippen molar-refractivity contribution < 1.29 is 34.1 Å². The summed E-state index contributed by atoms with van der Waals surface area (Å²) >= 11 is 0. The fraction of sp³-hybridized carbons (Fsp3) is 0.654. The van der Waals surface area contributed by atoms with Crippen molar-refractivity contribution in [2.24, 2.45) is 0 Å². The SMILES string of the molecule is CCCCCCCCOC(=O)CO.CCCCCCCCOC(=O)c1ccccc1C(=O)O. The van der Waals surface area contributed by atoms with Crippen LogP contribution in [0.3, 0.4) is 0 Å². The van der Waals surface area contributed by atoms with Gasteiger partial charge in [-0.2, -0.15) is 0 Å². The van der Waals surface area contributed by atoms with E-state index in [2.05, 4.69) is 13.8 Å². The molecule has 0 aliphatic rings. The van der Waals surface area contributed by atoms with Crippen LogP contribution in [0.1, 0.15) is 112 Å². The molecule has 0 aliphatic heterocycles. The Morgan fingerprint density at radius 3 is 1.64 bits per heavy atom. The molecular weight excluding hydrogens is 424 g/mol. The number of aromatic carboxylic acids is 1. The van der Waals surface area contributed by atoms with Crippen LogP contribution in [0.25, 0.3) is 0 Å². The predicted molar refractivity (Wildman–Crippen MR) is 128 cm³/mol. The highest BCUT2D eigenvalue weighted by molar-refractivity contribution is 6.02. The number of aliphatic hydroxyl groups excluding tert-OH is 1. The average molecular weight is 467 g/mol. The van der Waals surface area contributed by atoms with Crippen molar-refractivity contribution in [2.75, 3.05) is 19.8 Å². The first-order valence-electron chi connectivity index (χ1n) is 12.2. The lowest BCUT2D eigenvalue weighted by molar-refractivity contribution is -0.147. The van der Waals surface area contributed by atoms with Gasteiger partial charge in [0.1, 0.15) is 6.61 Å². The Morgan fingerprint density at radius 2 is 1.15 bits per heavy atom. The van der Waals surface area contributed by atoms with Crippen molar-refractivity contribution in [3.8, 4) is 0 Å². The number of hydrogen-bond acceptors (Lipinski definition) is 6. The summed E-state index contributed by atoms with van der Waals surface area (Å²) in [5.41, 5.74) is 0.103. The Kier molecular flexibility index (Phi) is 19.9. The number of carbonyl (C=O) groups excluding carboxylic acids is 2. The quantitative estimate of drug-likeness (QED) is 0.221. The molecule has 0 bridgehead atoms. The van der Waals surface area contributed by atoms with Crippen LogP contribution < -0.4 is 0 Å². The van der Waals surface area contributed by atoms with Crippen LogP contribution in [0.2, 0.25) is 0 Å². The van der Waals surface area contributed by atoms with E-state index in [1.165, 1.54) is 57.1 Å². The highest BCUT2D eigenvalue weighted by Crippen LogP contribution is 2.11. The largest absolute Gasteiger partial charge is 0.478 e. The van der Waals surface area contributed by atoms with E-state index < -0.39 is 24.5 Å². The molecule has 0 spiro atoms. The minimum atomic E-state index is -1.11. The maximum absolute atomic E-state index is 11.8. The number of hydrogen-bond donors (Lipinski definition) is 2. The molecule has 0 saturated heterocycles. The fourth-order valence-corrected chi connectivity index (χ4v) is 3.09. The standard InChI is InChI=1S/C16H22O4.C10H20O3/c1-2-3-4-5-6-9-12-20-16(19)14-11-8-7-10-13(14)15(17)18;1-2-3-4-5-6-7-8-13-10(12)9-11/h7-8,10-11H,2-6,9,12H2,1H3,(H,17,18);11H,2-9H2,1H3. The normalized spacial score (nSPS) is 10.2. The lowest BCUT2D eigenvalue weighted by atomic mass is 10.1. The van der Waals surface area contributed by atoms with Gasteiger partial charge in [-0.3, -0.25) is 0 Å². The smallest absolute Gasteiger partial charge is 0.339 e. The van der Waals surface area contributed by atoms with E-state index >= 15 is 0 Å². The summed E-state index contributed by atoms with van der Waals surface area (Å²) in [6.07, 6.45) is 13.7. The van der Waals surface area contributed by atoms with E-state index in [1.54, 1.807) is 12.1 Å². The summed E-state index contributed by atoms with van der Waals surface area (Å²) in [4.78, 5) is 33.3. The molecule has 0 heterocycles. The number of rotatable bonds is 17. The minimum absolute atomic E-state index is 0.0135. The zero-order valence-electron chi connectivity index (χ0n) is 20.4. The van der Waals surface area contributed by atoms with Crippen LogP contribution in [0.4, 0.5) is 0 Å². The Morgan fingerprint density at radius 1 is 0.697 bits per heavy atom. The first-order chi connectivity index (χ1) is 16.0. The monoisotopic (exact) mass is 466 g/mol. The fourth-order valence-electron chi connectivity index (χ4n) is 3.09. The summed E-state index contributed by atoms with van der Waals surface area (Å²) < 4.78 is 9.83. The number of unbranched alkanes of at least 4 members (excludes halogenated alkanes) is 10. The number of ether oxygens (including phenoxy) is 2. The topological polar surface area (TPSA) is 110 Å². The number of benzene rings is 1. The molecule has 0 aromatic heterocycles.